The number of amides is 1. The monoisotopic (exact) mass is 449 g/mol. The molecule has 0 radical (unpaired) electrons. The summed E-state index contributed by atoms with van der Waals surface area (Å²) in [6.45, 7) is 4.73. The zero-order valence-electron chi connectivity index (χ0n) is 15.9. The van der Waals surface area contributed by atoms with E-state index in [4.69, 9.17) is 4.74 Å². The number of ether oxygens (including phenoxy) is 1. The number of rotatable bonds is 6. The van der Waals surface area contributed by atoms with Crippen molar-refractivity contribution in [2.75, 3.05) is 26.7 Å². The van der Waals surface area contributed by atoms with Crippen LogP contribution >= 0.6 is 36.2 Å². The van der Waals surface area contributed by atoms with Crippen LogP contribution < -0.4 is 10.1 Å². The van der Waals surface area contributed by atoms with E-state index in [1.807, 2.05) is 18.9 Å². The summed E-state index contributed by atoms with van der Waals surface area (Å²) in [5.41, 5.74) is 0.745. The molecule has 5 nitrogen and oxygen atoms in total. The molecule has 156 valence electrons. The van der Waals surface area contributed by atoms with E-state index < -0.39 is 0 Å². The standard InChI is InChI=1S/C19H24FN3O2S.2ClH/c1-13-18(19(24)23-9-7-14(8-10-23)11-21-2)26-17(22-13)12-25-16-5-3-15(20)4-6-16;;/h3-6,14,21H,7-12H2,1-2H3;2*1H. The number of halogens is 3. The Morgan fingerprint density at radius 3 is 2.54 bits per heavy atom. The highest BCUT2D eigenvalue weighted by atomic mass is 35.5. The maximum atomic E-state index is 12.9. The minimum atomic E-state index is -0.297. The minimum absolute atomic E-state index is 0. The molecule has 0 atom stereocenters. The average Bonchev–Trinajstić information content (AvgIpc) is 3.02. The SMILES string of the molecule is CNCC1CCN(C(=O)c2sc(COc3ccc(F)cc3)nc2C)CC1.Cl.Cl. The van der Waals surface area contributed by atoms with Gasteiger partial charge < -0.3 is 15.0 Å². The van der Waals surface area contributed by atoms with Crippen LogP contribution in [0.2, 0.25) is 0 Å². The molecule has 28 heavy (non-hydrogen) atoms. The Morgan fingerprint density at radius 1 is 1.29 bits per heavy atom. The van der Waals surface area contributed by atoms with Gasteiger partial charge >= 0.3 is 0 Å². The van der Waals surface area contributed by atoms with Crippen LogP contribution in [0, 0.1) is 18.7 Å². The number of nitrogens with zero attached hydrogens (tertiary/aromatic N) is 2. The van der Waals surface area contributed by atoms with Crippen LogP contribution in [0.5, 0.6) is 5.75 Å². The van der Waals surface area contributed by atoms with Crippen molar-refractivity contribution in [3.63, 3.8) is 0 Å². The number of thiazole rings is 1. The van der Waals surface area contributed by atoms with Crippen LogP contribution in [0.1, 0.15) is 33.2 Å². The Kier molecular flexibility index (Phi) is 10.2. The molecule has 0 unspecified atom stereocenters. The van der Waals surface area contributed by atoms with Crippen LogP contribution in [0.25, 0.3) is 0 Å². The van der Waals surface area contributed by atoms with Gasteiger partial charge in [-0.05, 0) is 63.5 Å². The zero-order valence-corrected chi connectivity index (χ0v) is 18.4. The summed E-state index contributed by atoms with van der Waals surface area (Å²) in [6, 6.07) is 5.87. The summed E-state index contributed by atoms with van der Waals surface area (Å²) in [5.74, 6) is 0.995. The highest BCUT2D eigenvalue weighted by Gasteiger charge is 2.26. The van der Waals surface area contributed by atoms with Gasteiger partial charge in [0.25, 0.3) is 5.91 Å². The molecule has 2 heterocycles. The van der Waals surface area contributed by atoms with E-state index in [9.17, 15) is 9.18 Å². The first-order valence-corrected chi connectivity index (χ1v) is 9.67. The van der Waals surface area contributed by atoms with E-state index in [2.05, 4.69) is 10.3 Å². The maximum Gasteiger partial charge on any atom is 0.265 e. The number of carbonyl (C=O) groups excluding carboxylic acids is 1. The molecular formula is C19H26Cl2FN3O2S. The highest BCUT2D eigenvalue weighted by Crippen LogP contribution is 2.24. The summed E-state index contributed by atoms with van der Waals surface area (Å²) >= 11 is 1.38. The molecular weight excluding hydrogens is 424 g/mol. The van der Waals surface area contributed by atoms with Crippen molar-refractivity contribution in [3.05, 3.63) is 45.7 Å². The summed E-state index contributed by atoms with van der Waals surface area (Å²) in [7, 11) is 1.97. The van der Waals surface area contributed by atoms with Crippen LogP contribution in [0.4, 0.5) is 4.39 Å². The Morgan fingerprint density at radius 2 is 1.93 bits per heavy atom. The molecule has 3 rings (SSSR count). The molecule has 0 spiro atoms. The second-order valence-electron chi connectivity index (χ2n) is 6.56. The van der Waals surface area contributed by atoms with Crippen molar-refractivity contribution in [1.82, 2.24) is 15.2 Å². The van der Waals surface area contributed by atoms with Gasteiger partial charge in [0.2, 0.25) is 0 Å². The summed E-state index contributed by atoms with van der Waals surface area (Å²) in [5, 5.41) is 3.96. The minimum Gasteiger partial charge on any atom is -0.486 e. The molecule has 1 N–H and O–H groups in total. The quantitative estimate of drug-likeness (QED) is 0.721. The number of likely N-dealkylation sites (tertiary alicyclic amines) is 1. The Labute approximate surface area is 181 Å². The predicted molar refractivity (Wildman–Crippen MR) is 115 cm³/mol. The van der Waals surface area contributed by atoms with Gasteiger partial charge in [-0.2, -0.15) is 0 Å². The topological polar surface area (TPSA) is 54.5 Å². The van der Waals surface area contributed by atoms with E-state index >= 15 is 0 Å². The zero-order chi connectivity index (χ0) is 18.5. The molecule has 0 aliphatic carbocycles. The normalized spacial score (nSPS) is 14.2. The fourth-order valence-corrected chi connectivity index (χ4v) is 4.11. The molecule has 1 amide bonds. The fourth-order valence-electron chi connectivity index (χ4n) is 3.16. The molecule has 1 aromatic heterocycles. The van der Waals surface area contributed by atoms with Crippen molar-refractivity contribution in [3.8, 4) is 5.75 Å². The summed E-state index contributed by atoms with van der Waals surface area (Å²) < 4.78 is 18.6. The number of piperidine rings is 1. The number of carbonyl (C=O) groups is 1. The van der Waals surface area contributed by atoms with Gasteiger partial charge in [-0.15, -0.1) is 36.2 Å². The van der Waals surface area contributed by atoms with E-state index in [1.54, 1.807) is 12.1 Å². The number of benzene rings is 1. The molecule has 1 saturated heterocycles. The lowest BCUT2D eigenvalue weighted by Gasteiger charge is -2.31. The third-order valence-electron chi connectivity index (χ3n) is 4.61. The maximum absolute atomic E-state index is 12.9. The Balaban J connectivity index is 0.00000196. The largest absolute Gasteiger partial charge is 0.486 e. The molecule has 2 aromatic rings. The van der Waals surface area contributed by atoms with Crippen molar-refractivity contribution >= 4 is 42.1 Å². The number of aryl methyl sites for hydroxylation is 1. The van der Waals surface area contributed by atoms with Gasteiger partial charge in [0, 0.05) is 13.1 Å². The number of nitrogens with one attached hydrogen (secondary N) is 1. The van der Waals surface area contributed by atoms with E-state index in [-0.39, 0.29) is 43.1 Å². The summed E-state index contributed by atoms with van der Waals surface area (Å²) in [6.07, 6.45) is 2.07. The third-order valence-corrected chi connectivity index (χ3v) is 5.72. The number of hydrogen-bond acceptors (Lipinski definition) is 5. The number of aromatic nitrogens is 1. The van der Waals surface area contributed by atoms with Gasteiger partial charge in [-0.1, -0.05) is 0 Å². The van der Waals surface area contributed by atoms with E-state index in [0.29, 0.717) is 16.5 Å². The van der Waals surface area contributed by atoms with Crippen molar-refractivity contribution in [1.29, 1.82) is 0 Å². The molecule has 9 heteroatoms. The molecule has 1 aliphatic rings. The first kappa shape index (κ1) is 24.6. The van der Waals surface area contributed by atoms with Crippen molar-refractivity contribution < 1.29 is 13.9 Å². The van der Waals surface area contributed by atoms with Crippen LogP contribution in [0.15, 0.2) is 24.3 Å². The van der Waals surface area contributed by atoms with Gasteiger partial charge in [0.15, 0.2) is 0 Å². The lowest BCUT2D eigenvalue weighted by Crippen LogP contribution is -2.40. The van der Waals surface area contributed by atoms with Crippen LogP contribution in [-0.2, 0) is 6.61 Å². The van der Waals surface area contributed by atoms with Gasteiger partial charge in [-0.25, -0.2) is 9.37 Å². The van der Waals surface area contributed by atoms with Crippen LogP contribution in [-0.4, -0.2) is 42.5 Å². The Hall–Kier alpha value is -1.41. The van der Waals surface area contributed by atoms with Gasteiger partial charge in [0.1, 0.15) is 28.1 Å². The molecule has 0 saturated carbocycles. The van der Waals surface area contributed by atoms with Gasteiger partial charge in [-0.3, -0.25) is 4.79 Å². The average molecular weight is 450 g/mol. The molecule has 1 aliphatic heterocycles. The highest BCUT2D eigenvalue weighted by molar-refractivity contribution is 7.13. The van der Waals surface area contributed by atoms with E-state index in [0.717, 1.165) is 43.2 Å². The smallest absolute Gasteiger partial charge is 0.265 e. The van der Waals surface area contributed by atoms with Crippen LogP contribution in [0.3, 0.4) is 0 Å². The lowest BCUT2D eigenvalue weighted by atomic mass is 9.97. The lowest BCUT2D eigenvalue weighted by molar-refractivity contribution is 0.0695. The predicted octanol–water partition coefficient (Wildman–Crippen LogP) is 4.08. The van der Waals surface area contributed by atoms with Gasteiger partial charge in [0.05, 0.1) is 5.69 Å². The second-order valence-corrected chi connectivity index (χ2v) is 7.64. The third kappa shape index (κ3) is 6.30. The van der Waals surface area contributed by atoms with Crippen molar-refractivity contribution in [2.24, 2.45) is 5.92 Å². The van der Waals surface area contributed by atoms with E-state index in [1.165, 1.54) is 23.5 Å². The summed E-state index contributed by atoms with van der Waals surface area (Å²) in [4.78, 5) is 19.9. The first-order chi connectivity index (χ1) is 12.6. The number of hydrogen-bond donors (Lipinski definition) is 1. The molecule has 0 bridgehead atoms. The fraction of sp³-hybridized carbons (Fsp3) is 0.474. The van der Waals surface area contributed by atoms with Crippen molar-refractivity contribution in [2.45, 2.75) is 26.4 Å². The Bertz CT molecular complexity index is 750. The first-order valence-electron chi connectivity index (χ1n) is 8.85. The molecule has 1 fully saturated rings. The second kappa shape index (κ2) is 11.6. The molecule has 1 aromatic carbocycles.